The molecule has 1 fully saturated rings. The molecule has 0 radical (unpaired) electrons. The molecule has 0 amide bonds. The molecule has 0 saturated carbocycles. The molecule has 1 aliphatic heterocycles. The van der Waals surface area contributed by atoms with E-state index in [0.29, 0.717) is 12.3 Å². The lowest BCUT2D eigenvalue weighted by molar-refractivity contribution is 0.205. The van der Waals surface area contributed by atoms with Crippen molar-refractivity contribution in [2.24, 2.45) is 5.92 Å². The highest BCUT2D eigenvalue weighted by Gasteiger charge is 2.18. The first-order valence-corrected chi connectivity index (χ1v) is 6.20. The van der Waals surface area contributed by atoms with E-state index in [9.17, 15) is 4.39 Å². The van der Waals surface area contributed by atoms with E-state index in [0.717, 1.165) is 12.1 Å². The van der Waals surface area contributed by atoms with Crippen LogP contribution in [0, 0.1) is 5.92 Å². The summed E-state index contributed by atoms with van der Waals surface area (Å²) in [4.78, 5) is 2.46. The van der Waals surface area contributed by atoms with Crippen molar-refractivity contribution in [1.29, 1.82) is 0 Å². The lowest BCUT2D eigenvalue weighted by atomic mass is 9.94. The quantitative estimate of drug-likeness (QED) is 0.705. The molecule has 1 aliphatic carbocycles. The van der Waals surface area contributed by atoms with E-state index < -0.39 is 0 Å². The summed E-state index contributed by atoms with van der Waals surface area (Å²) in [7, 11) is 0. The number of likely N-dealkylation sites (tertiary alicyclic amines) is 1. The van der Waals surface area contributed by atoms with E-state index in [-0.39, 0.29) is 5.83 Å². The van der Waals surface area contributed by atoms with Crippen molar-refractivity contribution < 1.29 is 4.39 Å². The molecule has 1 saturated heterocycles. The summed E-state index contributed by atoms with van der Waals surface area (Å²) in [6.45, 7) is 7.06. The molecular weight excluding hydrogens is 201 g/mol. The van der Waals surface area contributed by atoms with E-state index in [1.165, 1.54) is 32.4 Å². The number of hydrogen-bond acceptors (Lipinski definition) is 1. The molecule has 0 aromatic carbocycles. The first kappa shape index (κ1) is 11.6. The molecule has 88 valence electrons. The van der Waals surface area contributed by atoms with Crippen molar-refractivity contribution in [3.8, 4) is 0 Å². The fraction of sp³-hybridized carbons (Fsp3) is 0.571. The Morgan fingerprint density at radius 2 is 2.12 bits per heavy atom. The van der Waals surface area contributed by atoms with Crippen molar-refractivity contribution in [2.75, 3.05) is 19.6 Å². The second kappa shape index (κ2) is 5.44. The van der Waals surface area contributed by atoms with Gasteiger partial charge in [-0.15, -0.1) is 0 Å². The first-order chi connectivity index (χ1) is 7.78. The van der Waals surface area contributed by atoms with Gasteiger partial charge in [0.2, 0.25) is 0 Å². The third-order valence-electron chi connectivity index (χ3n) is 3.39. The van der Waals surface area contributed by atoms with Crippen LogP contribution in [0.3, 0.4) is 0 Å². The maximum atomic E-state index is 13.4. The predicted molar refractivity (Wildman–Crippen MR) is 65.9 cm³/mol. The second-order valence-electron chi connectivity index (χ2n) is 4.79. The van der Waals surface area contributed by atoms with Crippen molar-refractivity contribution >= 4 is 0 Å². The third-order valence-corrected chi connectivity index (χ3v) is 3.39. The van der Waals surface area contributed by atoms with Gasteiger partial charge in [0.1, 0.15) is 5.83 Å². The number of piperidine rings is 1. The Morgan fingerprint density at radius 3 is 2.81 bits per heavy atom. The molecule has 0 N–H and O–H groups in total. The smallest absolute Gasteiger partial charge is 0.101 e. The van der Waals surface area contributed by atoms with Crippen LogP contribution >= 0.6 is 0 Å². The van der Waals surface area contributed by atoms with Gasteiger partial charge in [-0.3, -0.25) is 0 Å². The highest BCUT2D eigenvalue weighted by molar-refractivity contribution is 5.34. The molecule has 1 nitrogen and oxygen atoms in total. The number of hydrogen-bond donors (Lipinski definition) is 0. The first-order valence-electron chi connectivity index (χ1n) is 6.20. The zero-order valence-electron chi connectivity index (χ0n) is 9.79. The van der Waals surface area contributed by atoms with Crippen LogP contribution in [-0.2, 0) is 0 Å². The standard InChI is InChI=1S/C14H20FN/c1-2-12-8-13(10-14(15)9-12)11-16-6-4-3-5-7-16/h2,8-9,13H,1,3-7,10-11H2. The molecule has 0 aromatic rings. The summed E-state index contributed by atoms with van der Waals surface area (Å²) in [5.41, 5.74) is 0.936. The lowest BCUT2D eigenvalue weighted by Gasteiger charge is -2.30. The fourth-order valence-electron chi connectivity index (χ4n) is 2.59. The predicted octanol–water partition coefficient (Wildman–Crippen LogP) is 3.46. The van der Waals surface area contributed by atoms with Crippen molar-refractivity contribution in [3.05, 3.63) is 36.2 Å². The summed E-state index contributed by atoms with van der Waals surface area (Å²) < 4.78 is 13.4. The van der Waals surface area contributed by atoms with Gasteiger partial charge in [0.05, 0.1) is 0 Å². The van der Waals surface area contributed by atoms with E-state index in [1.54, 1.807) is 12.2 Å². The van der Waals surface area contributed by atoms with Gasteiger partial charge in [-0.2, -0.15) is 0 Å². The van der Waals surface area contributed by atoms with Crippen molar-refractivity contribution in [3.63, 3.8) is 0 Å². The third kappa shape index (κ3) is 3.05. The van der Waals surface area contributed by atoms with Crippen LogP contribution < -0.4 is 0 Å². The molecule has 16 heavy (non-hydrogen) atoms. The van der Waals surface area contributed by atoms with Gasteiger partial charge < -0.3 is 4.90 Å². The van der Waals surface area contributed by atoms with Crippen molar-refractivity contribution in [1.82, 2.24) is 4.90 Å². The maximum Gasteiger partial charge on any atom is 0.101 e. The molecule has 2 heteroatoms. The fourth-order valence-corrected chi connectivity index (χ4v) is 2.59. The van der Waals surface area contributed by atoms with Crippen LogP contribution in [0.2, 0.25) is 0 Å². The summed E-state index contributed by atoms with van der Waals surface area (Å²) in [5, 5.41) is 0. The van der Waals surface area contributed by atoms with E-state index >= 15 is 0 Å². The Labute approximate surface area is 97.3 Å². The minimum Gasteiger partial charge on any atom is -0.303 e. The zero-order chi connectivity index (χ0) is 11.4. The Balaban J connectivity index is 1.92. The van der Waals surface area contributed by atoms with Gasteiger partial charge in [0.25, 0.3) is 0 Å². The summed E-state index contributed by atoms with van der Waals surface area (Å²) in [6.07, 6.45) is 10.00. The second-order valence-corrected chi connectivity index (χ2v) is 4.79. The molecule has 1 unspecified atom stereocenters. The Hall–Kier alpha value is -0.890. The van der Waals surface area contributed by atoms with Gasteiger partial charge in [-0.1, -0.05) is 25.2 Å². The number of nitrogens with zero attached hydrogens (tertiary/aromatic N) is 1. The largest absolute Gasteiger partial charge is 0.303 e. The zero-order valence-corrected chi connectivity index (χ0v) is 9.79. The topological polar surface area (TPSA) is 3.24 Å². The number of halogens is 1. The van der Waals surface area contributed by atoms with Crippen LogP contribution in [0.5, 0.6) is 0 Å². The molecule has 0 aromatic heterocycles. The molecule has 1 atom stereocenters. The summed E-state index contributed by atoms with van der Waals surface area (Å²) >= 11 is 0. The van der Waals surface area contributed by atoms with Crippen LogP contribution in [-0.4, -0.2) is 24.5 Å². The Kier molecular flexibility index (Phi) is 3.94. The van der Waals surface area contributed by atoms with Gasteiger partial charge >= 0.3 is 0 Å². The molecule has 0 bridgehead atoms. The van der Waals surface area contributed by atoms with E-state index in [2.05, 4.69) is 17.6 Å². The van der Waals surface area contributed by atoms with Crippen LogP contribution in [0.4, 0.5) is 4.39 Å². The minimum absolute atomic E-state index is 0.000547. The van der Waals surface area contributed by atoms with Gasteiger partial charge in [-0.05, 0) is 43.5 Å². The van der Waals surface area contributed by atoms with Gasteiger partial charge in [0, 0.05) is 13.0 Å². The molecule has 2 aliphatic rings. The Bertz CT molecular complexity index is 311. The SMILES string of the molecule is C=CC1=CC(CN2CCCCC2)CC(F)=C1. The highest BCUT2D eigenvalue weighted by atomic mass is 19.1. The maximum absolute atomic E-state index is 13.4. The number of rotatable bonds is 3. The number of allylic oxidation sites excluding steroid dienone is 4. The van der Waals surface area contributed by atoms with E-state index in [1.807, 2.05) is 0 Å². The van der Waals surface area contributed by atoms with E-state index in [4.69, 9.17) is 0 Å². The van der Waals surface area contributed by atoms with Crippen LogP contribution in [0.1, 0.15) is 25.7 Å². The molecule has 1 heterocycles. The molecule has 0 spiro atoms. The molecule has 2 rings (SSSR count). The minimum atomic E-state index is -0.000547. The Morgan fingerprint density at radius 1 is 1.38 bits per heavy atom. The van der Waals surface area contributed by atoms with Gasteiger partial charge in [0.15, 0.2) is 0 Å². The van der Waals surface area contributed by atoms with Crippen LogP contribution in [0.25, 0.3) is 0 Å². The van der Waals surface area contributed by atoms with Crippen LogP contribution in [0.15, 0.2) is 36.2 Å². The summed E-state index contributed by atoms with van der Waals surface area (Å²) in [5.74, 6) is 0.329. The summed E-state index contributed by atoms with van der Waals surface area (Å²) in [6, 6.07) is 0. The molecular formula is C14H20FN. The normalized spacial score (nSPS) is 27.2. The average molecular weight is 221 g/mol. The highest BCUT2D eigenvalue weighted by Crippen LogP contribution is 2.25. The average Bonchev–Trinajstić information content (AvgIpc) is 2.29. The van der Waals surface area contributed by atoms with Crippen molar-refractivity contribution in [2.45, 2.75) is 25.7 Å². The van der Waals surface area contributed by atoms with Gasteiger partial charge in [-0.25, -0.2) is 4.39 Å². The lowest BCUT2D eigenvalue weighted by Crippen LogP contribution is -2.34. The monoisotopic (exact) mass is 221 g/mol.